The van der Waals surface area contributed by atoms with Crippen LogP contribution < -0.4 is 5.32 Å². The number of nitrogens with one attached hydrogen (secondary N) is 1. The number of aromatic nitrogens is 3. The number of hydrogen-bond donors (Lipinski definition) is 1. The second-order valence-electron chi connectivity index (χ2n) is 5.14. The van der Waals surface area contributed by atoms with Crippen LogP contribution >= 0.6 is 24.0 Å². The van der Waals surface area contributed by atoms with Crippen LogP contribution in [0.15, 0.2) is 0 Å². The van der Waals surface area contributed by atoms with E-state index in [0.717, 1.165) is 29.3 Å². The van der Waals surface area contributed by atoms with Crippen LogP contribution in [-0.4, -0.2) is 14.6 Å². The largest absolute Gasteiger partial charge is 0.302 e. The molecule has 1 aliphatic rings. The Bertz CT molecular complexity index is 631. The molecule has 0 aromatic carbocycles. The standard InChI is InChI=1S/C12H15ClN4.ClH/c1-6-9(13)7(2)17-11(15-6)8-5-14-12(3,4)10(8)16-17;/h14H,5H2,1-4H3;1H. The third-order valence-corrected chi connectivity index (χ3v) is 4.03. The van der Waals surface area contributed by atoms with E-state index in [4.69, 9.17) is 11.6 Å². The summed E-state index contributed by atoms with van der Waals surface area (Å²) in [6.45, 7) is 9.00. The number of fused-ring (bicyclic) bond motifs is 3. The Balaban J connectivity index is 0.00000120. The molecule has 3 rings (SSSR count). The van der Waals surface area contributed by atoms with Crippen molar-refractivity contribution >= 4 is 29.7 Å². The van der Waals surface area contributed by atoms with Gasteiger partial charge in [-0.2, -0.15) is 5.10 Å². The van der Waals surface area contributed by atoms with Crippen LogP contribution in [0.2, 0.25) is 5.02 Å². The highest BCUT2D eigenvalue weighted by atomic mass is 35.5. The average Bonchev–Trinajstić information content (AvgIpc) is 2.75. The maximum absolute atomic E-state index is 6.21. The maximum Gasteiger partial charge on any atom is 0.160 e. The number of halogens is 2. The maximum atomic E-state index is 6.21. The van der Waals surface area contributed by atoms with Gasteiger partial charge in [0, 0.05) is 12.1 Å². The summed E-state index contributed by atoms with van der Waals surface area (Å²) in [5, 5.41) is 8.79. The van der Waals surface area contributed by atoms with E-state index in [-0.39, 0.29) is 17.9 Å². The fraction of sp³-hybridized carbons (Fsp3) is 0.500. The predicted molar refractivity (Wildman–Crippen MR) is 74.6 cm³/mol. The highest BCUT2D eigenvalue weighted by Gasteiger charge is 2.35. The van der Waals surface area contributed by atoms with Crippen LogP contribution in [-0.2, 0) is 12.1 Å². The van der Waals surface area contributed by atoms with Crippen molar-refractivity contribution < 1.29 is 0 Å². The van der Waals surface area contributed by atoms with Gasteiger partial charge in [-0.1, -0.05) is 11.6 Å². The molecule has 4 nitrogen and oxygen atoms in total. The summed E-state index contributed by atoms with van der Waals surface area (Å²) in [4.78, 5) is 4.56. The SMILES string of the molecule is Cc1nc2c3c(nn2c(C)c1Cl)C(C)(C)NC3.Cl. The van der Waals surface area contributed by atoms with Crippen molar-refractivity contribution in [3.63, 3.8) is 0 Å². The van der Waals surface area contributed by atoms with Gasteiger partial charge in [-0.25, -0.2) is 9.50 Å². The third-order valence-electron chi connectivity index (χ3n) is 3.48. The molecule has 2 aromatic heterocycles. The summed E-state index contributed by atoms with van der Waals surface area (Å²) < 4.78 is 1.86. The summed E-state index contributed by atoms with van der Waals surface area (Å²) in [6, 6.07) is 0. The van der Waals surface area contributed by atoms with Crippen LogP contribution in [0.25, 0.3) is 5.65 Å². The van der Waals surface area contributed by atoms with Crippen molar-refractivity contribution in [1.82, 2.24) is 19.9 Å². The summed E-state index contributed by atoms with van der Waals surface area (Å²) in [7, 11) is 0. The van der Waals surface area contributed by atoms with Crippen molar-refractivity contribution in [3.05, 3.63) is 27.7 Å². The number of hydrogen-bond acceptors (Lipinski definition) is 3. The Labute approximate surface area is 117 Å². The monoisotopic (exact) mass is 286 g/mol. The molecule has 0 amide bonds. The molecule has 1 aliphatic heterocycles. The van der Waals surface area contributed by atoms with E-state index in [1.807, 2.05) is 18.4 Å². The van der Waals surface area contributed by atoms with Gasteiger partial charge >= 0.3 is 0 Å². The van der Waals surface area contributed by atoms with Crippen molar-refractivity contribution in [2.75, 3.05) is 0 Å². The lowest BCUT2D eigenvalue weighted by atomic mass is 10.0. The average molecular weight is 287 g/mol. The first kappa shape index (κ1) is 13.6. The van der Waals surface area contributed by atoms with Gasteiger partial charge in [-0.15, -0.1) is 12.4 Å². The van der Waals surface area contributed by atoms with Gasteiger partial charge in [0.15, 0.2) is 5.65 Å². The Morgan fingerprint density at radius 2 is 2.00 bits per heavy atom. The molecule has 0 atom stereocenters. The number of aryl methyl sites for hydroxylation is 2. The predicted octanol–water partition coefficient (Wildman–Crippen LogP) is 2.76. The highest BCUT2D eigenvalue weighted by Crippen LogP contribution is 2.33. The molecule has 0 unspecified atom stereocenters. The first-order chi connectivity index (χ1) is 7.92. The van der Waals surface area contributed by atoms with Crippen molar-refractivity contribution in [1.29, 1.82) is 0 Å². The van der Waals surface area contributed by atoms with Gasteiger partial charge in [-0.05, 0) is 27.7 Å². The van der Waals surface area contributed by atoms with Crippen molar-refractivity contribution in [2.45, 2.75) is 39.8 Å². The molecule has 0 saturated heterocycles. The zero-order chi connectivity index (χ0) is 12.4. The van der Waals surface area contributed by atoms with Crippen molar-refractivity contribution in [2.24, 2.45) is 0 Å². The van der Waals surface area contributed by atoms with E-state index in [1.165, 1.54) is 5.56 Å². The second-order valence-corrected chi connectivity index (χ2v) is 5.52. The lowest BCUT2D eigenvalue weighted by Gasteiger charge is -2.16. The molecule has 1 N–H and O–H groups in total. The lowest BCUT2D eigenvalue weighted by molar-refractivity contribution is 0.427. The van der Waals surface area contributed by atoms with E-state index in [1.54, 1.807) is 0 Å². The topological polar surface area (TPSA) is 42.2 Å². The van der Waals surface area contributed by atoms with Gasteiger partial charge in [0.05, 0.1) is 27.6 Å². The first-order valence-electron chi connectivity index (χ1n) is 5.71. The summed E-state index contributed by atoms with van der Waals surface area (Å²) >= 11 is 6.21. The van der Waals surface area contributed by atoms with Gasteiger partial charge in [0.2, 0.25) is 0 Å². The molecule has 0 aliphatic carbocycles. The third kappa shape index (κ3) is 1.63. The van der Waals surface area contributed by atoms with Gasteiger partial charge < -0.3 is 5.32 Å². The Morgan fingerprint density at radius 3 is 2.67 bits per heavy atom. The smallest absolute Gasteiger partial charge is 0.160 e. The lowest BCUT2D eigenvalue weighted by Crippen LogP contribution is -2.30. The molecule has 3 heterocycles. The summed E-state index contributed by atoms with van der Waals surface area (Å²) in [5.74, 6) is 0. The molecule has 0 spiro atoms. The number of rotatable bonds is 0. The fourth-order valence-corrected chi connectivity index (χ4v) is 2.53. The summed E-state index contributed by atoms with van der Waals surface area (Å²) in [5.41, 5.74) is 4.93. The Hall–Kier alpha value is -0.840. The molecule has 0 fully saturated rings. The zero-order valence-electron chi connectivity index (χ0n) is 10.8. The summed E-state index contributed by atoms with van der Waals surface area (Å²) in [6.07, 6.45) is 0. The van der Waals surface area contributed by atoms with E-state index >= 15 is 0 Å². The Morgan fingerprint density at radius 1 is 1.33 bits per heavy atom. The van der Waals surface area contributed by atoms with Crippen LogP contribution in [0.1, 0.15) is 36.5 Å². The molecule has 0 saturated carbocycles. The van der Waals surface area contributed by atoms with E-state index < -0.39 is 0 Å². The van der Waals surface area contributed by atoms with Gasteiger partial charge in [0.25, 0.3) is 0 Å². The number of nitrogens with zero attached hydrogens (tertiary/aromatic N) is 3. The second kappa shape index (κ2) is 4.08. The van der Waals surface area contributed by atoms with E-state index in [9.17, 15) is 0 Å². The van der Waals surface area contributed by atoms with Gasteiger partial charge in [0.1, 0.15) is 0 Å². The zero-order valence-corrected chi connectivity index (χ0v) is 12.4. The molecule has 6 heteroatoms. The first-order valence-corrected chi connectivity index (χ1v) is 6.09. The molecule has 0 bridgehead atoms. The molecular weight excluding hydrogens is 271 g/mol. The minimum absolute atomic E-state index is 0. The molecular formula is C12H16Cl2N4. The van der Waals surface area contributed by atoms with E-state index in [2.05, 4.69) is 29.2 Å². The quantitative estimate of drug-likeness (QED) is 0.810. The molecule has 18 heavy (non-hydrogen) atoms. The van der Waals surface area contributed by atoms with Crippen LogP contribution in [0.3, 0.4) is 0 Å². The van der Waals surface area contributed by atoms with Crippen LogP contribution in [0.5, 0.6) is 0 Å². The highest BCUT2D eigenvalue weighted by molar-refractivity contribution is 6.31. The normalized spacial score (nSPS) is 16.7. The Kier molecular flexibility index (Phi) is 3.08. The molecule has 98 valence electrons. The molecule has 2 aromatic rings. The van der Waals surface area contributed by atoms with Crippen LogP contribution in [0, 0.1) is 13.8 Å². The minimum Gasteiger partial charge on any atom is -0.302 e. The van der Waals surface area contributed by atoms with Crippen molar-refractivity contribution in [3.8, 4) is 0 Å². The van der Waals surface area contributed by atoms with E-state index in [0.29, 0.717) is 5.02 Å². The van der Waals surface area contributed by atoms with Gasteiger partial charge in [-0.3, -0.25) is 0 Å². The minimum atomic E-state index is -0.0874. The van der Waals surface area contributed by atoms with Crippen LogP contribution in [0.4, 0.5) is 0 Å². The molecule has 0 radical (unpaired) electrons. The fourth-order valence-electron chi connectivity index (χ4n) is 2.41.